The first kappa shape index (κ1) is 11.3. The van der Waals surface area contributed by atoms with Crippen LogP contribution in [0.5, 0.6) is 0 Å². The number of nitrogens with zero attached hydrogens (tertiary/aromatic N) is 1. The molecule has 0 aromatic carbocycles. The largest absolute Gasteiger partial charge is 0.327 e. The molecule has 2 nitrogen and oxygen atoms in total. The molecule has 1 amide bonds. The monoisotopic (exact) mass is 271 g/mol. The van der Waals surface area contributed by atoms with Crippen molar-refractivity contribution in [1.82, 2.24) is 4.90 Å². The maximum atomic E-state index is 11.4. The summed E-state index contributed by atoms with van der Waals surface area (Å²) in [5.74, 6) is 2.27. The van der Waals surface area contributed by atoms with Crippen molar-refractivity contribution in [2.45, 2.75) is 13.0 Å². The number of hydrogen-bond donors (Lipinski definition) is 0. The van der Waals surface area contributed by atoms with Crippen LogP contribution in [0.2, 0.25) is 0 Å². The Morgan fingerprint density at radius 3 is 2.93 bits per heavy atom. The summed E-state index contributed by atoms with van der Waals surface area (Å²) in [6.07, 6.45) is 0. The third-order valence-corrected chi connectivity index (χ3v) is 3.25. The van der Waals surface area contributed by atoms with Crippen LogP contribution in [0.4, 0.5) is 0 Å². The van der Waals surface area contributed by atoms with Gasteiger partial charge in [-0.3, -0.25) is 4.79 Å². The molecule has 0 bridgehead atoms. The quantitative estimate of drug-likeness (QED) is 0.758. The molecular weight excluding hydrogens is 262 g/mol. The van der Waals surface area contributed by atoms with Crippen molar-refractivity contribution >= 4 is 33.2 Å². The number of rotatable bonds is 2. The van der Waals surface area contributed by atoms with Crippen molar-refractivity contribution in [3.8, 4) is 10.8 Å². The standard InChI is InChI=1S/C10H10BrNOS/c1-8(9-4-3-7-14-9)12(2)10(13)5-6-11/h3-4,7-8H,1-2H3. The molecule has 1 rings (SSSR count). The van der Waals surface area contributed by atoms with Gasteiger partial charge in [0.25, 0.3) is 5.91 Å². The van der Waals surface area contributed by atoms with Gasteiger partial charge in [0.15, 0.2) is 0 Å². The molecule has 4 heteroatoms. The fourth-order valence-electron chi connectivity index (χ4n) is 1.02. The van der Waals surface area contributed by atoms with Crippen LogP contribution in [0.1, 0.15) is 17.8 Å². The number of halogens is 1. The lowest BCUT2D eigenvalue weighted by molar-refractivity contribution is -0.125. The van der Waals surface area contributed by atoms with Crippen molar-refractivity contribution in [2.24, 2.45) is 0 Å². The molecular formula is C10H10BrNOS. The lowest BCUT2D eigenvalue weighted by atomic mass is 10.2. The first-order valence-corrected chi connectivity index (χ1v) is 5.76. The lowest BCUT2D eigenvalue weighted by Crippen LogP contribution is -2.27. The van der Waals surface area contributed by atoms with Crippen LogP contribution in [0.15, 0.2) is 17.5 Å². The van der Waals surface area contributed by atoms with Gasteiger partial charge in [-0.05, 0) is 23.2 Å². The van der Waals surface area contributed by atoms with Gasteiger partial charge in [0.2, 0.25) is 0 Å². The minimum absolute atomic E-state index is 0.0795. The van der Waals surface area contributed by atoms with E-state index < -0.39 is 0 Å². The predicted octanol–water partition coefficient (Wildman–Crippen LogP) is 2.62. The van der Waals surface area contributed by atoms with Gasteiger partial charge in [0.1, 0.15) is 0 Å². The molecule has 0 saturated carbocycles. The van der Waals surface area contributed by atoms with Gasteiger partial charge in [0.05, 0.1) is 6.04 Å². The Balaban J connectivity index is 2.73. The molecule has 0 aliphatic heterocycles. The van der Waals surface area contributed by atoms with Crippen LogP contribution >= 0.6 is 27.3 Å². The molecule has 0 spiro atoms. The fourth-order valence-corrected chi connectivity index (χ4v) is 2.02. The molecule has 0 aliphatic carbocycles. The summed E-state index contributed by atoms with van der Waals surface area (Å²) in [5, 5.41) is 2.00. The van der Waals surface area contributed by atoms with E-state index in [4.69, 9.17) is 0 Å². The molecule has 0 fully saturated rings. The Morgan fingerprint density at radius 2 is 2.43 bits per heavy atom. The van der Waals surface area contributed by atoms with Gasteiger partial charge >= 0.3 is 0 Å². The van der Waals surface area contributed by atoms with Crippen LogP contribution in [0, 0.1) is 10.8 Å². The molecule has 1 atom stereocenters. The summed E-state index contributed by atoms with van der Waals surface area (Å²) >= 11 is 4.55. The third kappa shape index (κ3) is 2.60. The van der Waals surface area contributed by atoms with Crippen molar-refractivity contribution in [2.75, 3.05) is 7.05 Å². The van der Waals surface area contributed by atoms with E-state index in [1.54, 1.807) is 23.3 Å². The van der Waals surface area contributed by atoms with Crippen molar-refractivity contribution in [3.05, 3.63) is 22.4 Å². The number of hydrogen-bond acceptors (Lipinski definition) is 2. The summed E-state index contributed by atoms with van der Waals surface area (Å²) in [6.45, 7) is 1.99. The predicted molar refractivity (Wildman–Crippen MR) is 62.2 cm³/mol. The third-order valence-electron chi connectivity index (χ3n) is 2.01. The minimum Gasteiger partial charge on any atom is -0.327 e. The van der Waals surface area contributed by atoms with Gasteiger partial charge in [-0.2, -0.15) is 0 Å². The molecule has 0 N–H and O–H groups in total. The summed E-state index contributed by atoms with van der Waals surface area (Å²) in [6, 6.07) is 4.07. The van der Waals surface area contributed by atoms with Crippen LogP contribution in [-0.4, -0.2) is 17.9 Å². The van der Waals surface area contributed by atoms with Crippen molar-refractivity contribution in [3.63, 3.8) is 0 Å². The van der Waals surface area contributed by atoms with Crippen molar-refractivity contribution in [1.29, 1.82) is 0 Å². The van der Waals surface area contributed by atoms with E-state index in [2.05, 4.69) is 26.7 Å². The Hall–Kier alpha value is -0.790. The van der Waals surface area contributed by atoms with E-state index in [1.165, 1.54) is 0 Å². The summed E-state index contributed by atoms with van der Waals surface area (Å²) < 4.78 is 0. The van der Waals surface area contributed by atoms with E-state index in [9.17, 15) is 4.79 Å². The van der Waals surface area contributed by atoms with E-state index in [0.717, 1.165) is 4.88 Å². The maximum Gasteiger partial charge on any atom is 0.299 e. The molecule has 0 saturated heterocycles. The fraction of sp³-hybridized carbons (Fsp3) is 0.300. The van der Waals surface area contributed by atoms with Crippen molar-refractivity contribution < 1.29 is 4.79 Å². The zero-order valence-corrected chi connectivity index (χ0v) is 10.4. The van der Waals surface area contributed by atoms with Crippen LogP contribution in [0.3, 0.4) is 0 Å². The molecule has 1 heterocycles. The van der Waals surface area contributed by atoms with E-state index in [-0.39, 0.29) is 11.9 Å². The Bertz CT molecular complexity index is 363. The molecule has 74 valence electrons. The van der Waals surface area contributed by atoms with E-state index in [1.807, 2.05) is 24.4 Å². The number of thiophene rings is 1. The lowest BCUT2D eigenvalue weighted by Gasteiger charge is -2.21. The van der Waals surface area contributed by atoms with Crippen LogP contribution in [-0.2, 0) is 4.79 Å². The second kappa shape index (κ2) is 5.18. The van der Waals surface area contributed by atoms with Gasteiger partial charge in [-0.1, -0.05) is 6.07 Å². The summed E-state index contributed by atoms with van der Waals surface area (Å²) in [4.78, 5) is 16.6. The number of amides is 1. The maximum absolute atomic E-state index is 11.4. The Morgan fingerprint density at radius 1 is 1.71 bits per heavy atom. The summed E-state index contributed by atoms with van der Waals surface area (Å²) in [5.41, 5.74) is 0. The molecule has 1 unspecified atom stereocenters. The minimum atomic E-state index is -0.178. The highest BCUT2D eigenvalue weighted by Crippen LogP contribution is 2.23. The first-order chi connectivity index (χ1) is 6.66. The average Bonchev–Trinajstić information content (AvgIpc) is 2.68. The van der Waals surface area contributed by atoms with Gasteiger partial charge in [-0.25, -0.2) is 0 Å². The highest BCUT2D eigenvalue weighted by molar-refractivity contribution is 9.12. The molecule has 14 heavy (non-hydrogen) atoms. The molecule has 0 aliphatic rings. The SMILES string of the molecule is CC(c1cccs1)N(C)C(=O)C#CBr. The van der Waals surface area contributed by atoms with Gasteiger partial charge in [-0.15, -0.1) is 11.3 Å². The topological polar surface area (TPSA) is 20.3 Å². The normalized spacial score (nSPS) is 11.4. The first-order valence-electron chi connectivity index (χ1n) is 4.08. The second-order valence-electron chi connectivity index (χ2n) is 2.83. The van der Waals surface area contributed by atoms with E-state index >= 15 is 0 Å². The molecule has 0 radical (unpaired) electrons. The van der Waals surface area contributed by atoms with Crippen LogP contribution in [0.25, 0.3) is 0 Å². The smallest absolute Gasteiger partial charge is 0.299 e. The molecule has 1 aromatic rings. The zero-order chi connectivity index (χ0) is 10.6. The highest BCUT2D eigenvalue weighted by Gasteiger charge is 2.15. The summed E-state index contributed by atoms with van der Waals surface area (Å²) in [7, 11) is 1.75. The van der Waals surface area contributed by atoms with E-state index in [0.29, 0.717) is 0 Å². The zero-order valence-electron chi connectivity index (χ0n) is 7.95. The number of carbonyl (C=O) groups is 1. The number of carbonyl (C=O) groups excluding carboxylic acids is 1. The molecule has 1 aromatic heterocycles. The average molecular weight is 272 g/mol. The Labute approximate surface area is 96.0 Å². The van der Waals surface area contributed by atoms with Gasteiger partial charge in [0, 0.05) is 33.8 Å². The highest BCUT2D eigenvalue weighted by atomic mass is 79.9. The Kier molecular flexibility index (Phi) is 4.18. The van der Waals surface area contributed by atoms with Gasteiger partial charge < -0.3 is 4.90 Å². The van der Waals surface area contributed by atoms with Crippen LogP contribution < -0.4 is 0 Å². The second-order valence-corrected chi connectivity index (χ2v) is 4.20.